The Morgan fingerprint density at radius 3 is 2.62 bits per heavy atom. The molecule has 1 fully saturated rings. The van der Waals surface area contributed by atoms with E-state index < -0.39 is 0 Å². The van der Waals surface area contributed by atoms with Gasteiger partial charge in [-0.05, 0) is 42.8 Å². The van der Waals surface area contributed by atoms with Gasteiger partial charge in [-0.25, -0.2) is 9.18 Å². The first-order valence-corrected chi connectivity index (χ1v) is 9.66. The zero-order chi connectivity index (χ0) is 18.5. The second-order valence-electron chi connectivity index (χ2n) is 6.29. The first kappa shape index (κ1) is 19.1. The molecule has 2 amide bonds. The quantitative estimate of drug-likeness (QED) is 0.730. The predicted octanol–water partition coefficient (Wildman–Crippen LogP) is 4.98. The van der Waals surface area contributed by atoms with Crippen LogP contribution in [0.2, 0.25) is 5.02 Å². The van der Waals surface area contributed by atoms with E-state index in [9.17, 15) is 9.18 Å². The number of halogens is 3. The van der Waals surface area contributed by atoms with E-state index in [1.165, 1.54) is 6.07 Å². The monoisotopic (exact) mass is 439 g/mol. The second kappa shape index (κ2) is 8.84. The van der Waals surface area contributed by atoms with Gasteiger partial charge in [-0.15, -0.1) is 0 Å². The molecule has 26 heavy (non-hydrogen) atoms. The molecule has 0 radical (unpaired) electrons. The summed E-state index contributed by atoms with van der Waals surface area (Å²) in [6, 6.07) is 12.1. The summed E-state index contributed by atoms with van der Waals surface area (Å²) < 4.78 is 14.8. The van der Waals surface area contributed by atoms with Gasteiger partial charge in [0.05, 0.1) is 0 Å². The average molecular weight is 441 g/mol. The molecule has 0 aromatic heterocycles. The maximum Gasteiger partial charge on any atom is 0.321 e. The van der Waals surface area contributed by atoms with Crippen LogP contribution in [0.15, 0.2) is 46.9 Å². The third-order valence-corrected chi connectivity index (χ3v) is 5.13. The standard InChI is InChI=1S/C19H20BrClFN3O/c20-15-3-2-14(18(22)12-15)13-24-8-1-9-25(11-10-24)19(26)23-17-6-4-16(21)5-7-17/h2-7,12H,1,8-11,13H2,(H,23,26). The van der Waals surface area contributed by atoms with Crippen molar-refractivity contribution >= 4 is 39.2 Å². The maximum absolute atomic E-state index is 14.0. The minimum absolute atomic E-state index is 0.121. The molecule has 3 rings (SSSR count). The molecular formula is C19H20BrClFN3O. The van der Waals surface area contributed by atoms with Crippen LogP contribution >= 0.6 is 27.5 Å². The number of rotatable bonds is 3. The number of hydrogen-bond donors (Lipinski definition) is 1. The molecule has 138 valence electrons. The fourth-order valence-corrected chi connectivity index (χ4v) is 3.42. The van der Waals surface area contributed by atoms with E-state index >= 15 is 0 Å². The Labute approximate surface area is 166 Å². The summed E-state index contributed by atoms with van der Waals surface area (Å²) in [6.45, 7) is 3.38. The summed E-state index contributed by atoms with van der Waals surface area (Å²) in [7, 11) is 0. The molecule has 1 saturated heterocycles. The van der Waals surface area contributed by atoms with Crippen molar-refractivity contribution < 1.29 is 9.18 Å². The van der Waals surface area contributed by atoms with Crippen molar-refractivity contribution in [3.8, 4) is 0 Å². The third kappa shape index (κ3) is 5.19. The molecule has 2 aromatic rings. The molecule has 1 aliphatic rings. The Balaban J connectivity index is 1.55. The van der Waals surface area contributed by atoms with Gasteiger partial charge in [0, 0.05) is 53.5 Å². The van der Waals surface area contributed by atoms with E-state index in [2.05, 4.69) is 26.1 Å². The van der Waals surface area contributed by atoms with Crippen LogP contribution in [-0.2, 0) is 6.54 Å². The summed E-state index contributed by atoms with van der Waals surface area (Å²) >= 11 is 9.14. The highest BCUT2D eigenvalue weighted by molar-refractivity contribution is 9.10. The molecule has 4 nitrogen and oxygen atoms in total. The summed E-state index contributed by atoms with van der Waals surface area (Å²) in [5, 5.41) is 3.52. The van der Waals surface area contributed by atoms with E-state index in [0.717, 1.165) is 23.1 Å². The molecule has 1 N–H and O–H groups in total. The zero-order valence-corrected chi connectivity index (χ0v) is 16.6. The van der Waals surface area contributed by atoms with E-state index in [-0.39, 0.29) is 11.8 Å². The lowest BCUT2D eigenvalue weighted by Crippen LogP contribution is -2.38. The van der Waals surface area contributed by atoms with Crippen LogP contribution in [0.5, 0.6) is 0 Å². The van der Waals surface area contributed by atoms with Gasteiger partial charge < -0.3 is 10.2 Å². The van der Waals surface area contributed by atoms with E-state index in [0.29, 0.717) is 36.8 Å². The van der Waals surface area contributed by atoms with Crippen LogP contribution in [0.4, 0.5) is 14.9 Å². The fourth-order valence-electron chi connectivity index (χ4n) is 2.96. The molecule has 7 heteroatoms. The van der Waals surface area contributed by atoms with Crippen molar-refractivity contribution in [2.45, 2.75) is 13.0 Å². The highest BCUT2D eigenvalue weighted by Crippen LogP contribution is 2.18. The molecule has 0 unspecified atom stereocenters. The Bertz CT molecular complexity index is 772. The molecule has 0 saturated carbocycles. The number of anilines is 1. The minimum Gasteiger partial charge on any atom is -0.323 e. The molecule has 0 aliphatic carbocycles. The summed E-state index contributed by atoms with van der Waals surface area (Å²) in [6.07, 6.45) is 0.853. The predicted molar refractivity (Wildman–Crippen MR) is 106 cm³/mol. The number of benzene rings is 2. The summed E-state index contributed by atoms with van der Waals surface area (Å²) in [5.74, 6) is -0.207. The van der Waals surface area contributed by atoms with Crippen molar-refractivity contribution in [2.75, 3.05) is 31.5 Å². The Morgan fingerprint density at radius 2 is 1.88 bits per heavy atom. The first-order chi connectivity index (χ1) is 12.5. The zero-order valence-electron chi connectivity index (χ0n) is 14.2. The molecular weight excluding hydrogens is 421 g/mol. The van der Waals surface area contributed by atoms with Gasteiger partial charge in [0.15, 0.2) is 0 Å². The average Bonchev–Trinajstić information content (AvgIpc) is 2.85. The molecule has 2 aromatic carbocycles. The summed E-state index contributed by atoms with van der Waals surface area (Å²) in [5.41, 5.74) is 1.39. The van der Waals surface area contributed by atoms with Gasteiger partial charge in [0.1, 0.15) is 5.82 Å². The van der Waals surface area contributed by atoms with E-state index in [1.807, 2.05) is 6.07 Å². The van der Waals surface area contributed by atoms with Crippen molar-refractivity contribution in [1.29, 1.82) is 0 Å². The first-order valence-electron chi connectivity index (χ1n) is 8.49. The molecule has 1 aliphatic heterocycles. The van der Waals surface area contributed by atoms with Crippen LogP contribution in [0.1, 0.15) is 12.0 Å². The fraction of sp³-hybridized carbons (Fsp3) is 0.316. The van der Waals surface area contributed by atoms with Gasteiger partial charge in [-0.3, -0.25) is 4.90 Å². The van der Waals surface area contributed by atoms with E-state index in [4.69, 9.17) is 11.6 Å². The van der Waals surface area contributed by atoms with Crippen LogP contribution in [0.3, 0.4) is 0 Å². The largest absolute Gasteiger partial charge is 0.323 e. The van der Waals surface area contributed by atoms with Crippen molar-refractivity contribution in [1.82, 2.24) is 9.80 Å². The third-order valence-electron chi connectivity index (χ3n) is 4.38. The Morgan fingerprint density at radius 1 is 1.12 bits per heavy atom. The summed E-state index contributed by atoms with van der Waals surface area (Å²) in [4.78, 5) is 16.4. The Kier molecular flexibility index (Phi) is 6.51. The number of urea groups is 1. The number of hydrogen-bond acceptors (Lipinski definition) is 2. The van der Waals surface area contributed by atoms with Crippen molar-refractivity contribution in [3.63, 3.8) is 0 Å². The van der Waals surface area contributed by atoms with Crippen LogP contribution in [0, 0.1) is 5.82 Å². The smallest absolute Gasteiger partial charge is 0.321 e. The minimum atomic E-state index is -0.207. The highest BCUT2D eigenvalue weighted by Gasteiger charge is 2.20. The van der Waals surface area contributed by atoms with E-state index in [1.54, 1.807) is 35.2 Å². The van der Waals surface area contributed by atoms with Gasteiger partial charge in [-0.2, -0.15) is 0 Å². The topological polar surface area (TPSA) is 35.6 Å². The van der Waals surface area contributed by atoms with Gasteiger partial charge in [0.25, 0.3) is 0 Å². The van der Waals surface area contributed by atoms with Gasteiger partial charge >= 0.3 is 6.03 Å². The highest BCUT2D eigenvalue weighted by atomic mass is 79.9. The lowest BCUT2D eigenvalue weighted by molar-refractivity contribution is 0.211. The molecule has 0 bridgehead atoms. The molecule has 1 heterocycles. The van der Waals surface area contributed by atoms with Crippen LogP contribution in [0.25, 0.3) is 0 Å². The van der Waals surface area contributed by atoms with Gasteiger partial charge in [0.2, 0.25) is 0 Å². The normalized spacial score (nSPS) is 15.6. The maximum atomic E-state index is 14.0. The van der Waals surface area contributed by atoms with Gasteiger partial charge in [-0.1, -0.05) is 33.6 Å². The molecule has 0 spiro atoms. The number of amides is 2. The lowest BCUT2D eigenvalue weighted by Gasteiger charge is -2.22. The Hall–Kier alpha value is -1.63. The van der Waals surface area contributed by atoms with Crippen molar-refractivity contribution in [3.05, 3.63) is 63.3 Å². The van der Waals surface area contributed by atoms with Crippen LogP contribution < -0.4 is 5.32 Å². The van der Waals surface area contributed by atoms with Crippen molar-refractivity contribution in [2.24, 2.45) is 0 Å². The SMILES string of the molecule is O=C(Nc1ccc(Cl)cc1)N1CCCN(Cc2ccc(Br)cc2F)CC1. The second-order valence-corrected chi connectivity index (χ2v) is 7.64. The number of carbonyl (C=O) groups is 1. The van der Waals surface area contributed by atoms with Crippen LogP contribution in [-0.4, -0.2) is 42.0 Å². The number of nitrogens with zero attached hydrogens (tertiary/aromatic N) is 2. The molecule has 0 atom stereocenters. The number of nitrogens with one attached hydrogen (secondary N) is 1. The lowest BCUT2D eigenvalue weighted by atomic mass is 10.2. The number of carbonyl (C=O) groups excluding carboxylic acids is 1.